The second kappa shape index (κ2) is 8.85. The second-order valence-corrected chi connectivity index (χ2v) is 4.55. The highest BCUT2D eigenvalue weighted by Crippen LogP contribution is 2.22. The van der Waals surface area contributed by atoms with E-state index >= 15 is 0 Å². The van der Waals surface area contributed by atoms with Gasteiger partial charge in [0.25, 0.3) is 0 Å². The number of likely N-dealkylation sites (N-methyl/N-ethyl adjacent to an activating group) is 1. The Balaban J connectivity index is 2.56. The number of hydrogen-bond acceptors (Lipinski definition) is 4. The van der Waals surface area contributed by atoms with Gasteiger partial charge in [-0.3, -0.25) is 0 Å². The molecule has 1 aromatic rings. The van der Waals surface area contributed by atoms with E-state index in [0.717, 1.165) is 18.7 Å². The fourth-order valence-electron chi connectivity index (χ4n) is 1.58. The molecule has 0 heterocycles. The predicted octanol–water partition coefficient (Wildman–Crippen LogP) is 1.50. The standard InChI is InChI=1S/C14H23FN2O2/c1-17(2)8-10-19-14-12(5-4-6-13(14)15)11-16-7-9-18-3/h4-6,16H,7-11H2,1-3H3. The van der Waals surface area contributed by atoms with E-state index < -0.39 is 0 Å². The first-order chi connectivity index (χ1) is 9.15. The molecule has 0 amide bonds. The Labute approximate surface area is 114 Å². The van der Waals surface area contributed by atoms with Crippen molar-refractivity contribution in [3.05, 3.63) is 29.6 Å². The summed E-state index contributed by atoms with van der Waals surface area (Å²) in [6.07, 6.45) is 0. The van der Waals surface area contributed by atoms with Crippen molar-refractivity contribution < 1.29 is 13.9 Å². The van der Waals surface area contributed by atoms with Crippen LogP contribution in [0, 0.1) is 5.82 Å². The van der Waals surface area contributed by atoms with Crippen LogP contribution < -0.4 is 10.1 Å². The van der Waals surface area contributed by atoms with Crippen LogP contribution in [0.25, 0.3) is 0 Å². The fourth-order valence-corrected chi connectivity index (χ4v) is 1.58. The SMILES string of the molecule is COCCNCc1cccc(F)c1OCCN(C)C. The molecular formula is C14H23FN2O2. The molecule has 1 aromatic carbocycles. The molecule has 0 radical (unpaired) electrons. The minimum atomic E-state index is -0.315. The lowest BCUT2D eigenvalue weighted by molar-refractivity contribution is 0.198. The Morgan fingerprint density at radius 2 is 2.05 bits per heavy atom. The maximum absolute atomic E-state index is 13.8. The minimum absolute atomic E-state index is 0.315. The normalized spacial score (nSPS) is 11.0. The molecule has 108 valence electrons. The van der Waals surface area contributed by atoms with Crippen LogP contribution in [0.4, 0.5) is 4.39 Å². The molecule has 0 spiro atoms. The average molecular weight is 270 g/mol. The van der Waals surface area contributed by atoms with Crippen molar-refractivity contribution in [3.8, 4) is 5.75 Å². The lowest BCUT2D eigenvalue weighted by atomic mass is 10.2. The number of ether oxygens (including phenoxy) is 2. The first-order valence-corrected chi connectivity index (χ1v) is 6.39. The highest BCUT2D eigenvalue weighted by atomic mass is 19.1. The van der Waals surface area contributed by atoms with Crippen LogP contribution in [-0.4, -0.2) is 52.4 Å². The van der Waals surface area contributed by atoms with Gasteiger partial charge in [0.05, 0.1) is 6.61 Å². The van der Waals surface area contributed by atoms with Crippen molar-refractivity contribution in [2.75, 3.05) is 47.5 Å². The number of nitrogens with zero attached hydrogens (tertiary/aromatic N) is 1. The summed E-state index contributed by atoms with van der Waals surface area (Å²) < 4.78 is 24.3. The second-order valence-electron chi connectivity index (χ2n) is 4.55. The molecule has 0 saturated heterocycles. The Morgan fingerprint density at radius 1 is 1.26 bits per heavy atom. The lowest BCUT2D eigenvalue weighted by Crippen LogP contribution is -2.22. The number of nitrogens with one attached hydrogen (secondary N) is 1. The third-order valence-corrected chi connectivity index (χ3v) is 2.63. The summed E-state index contributed by atoms with van der Waals surface area (Å²) in [4.78, 5) is 2.00. The molecule has 0 fully saturated rings. The highest BCUT2D eigenvalue weighted by molar-refractivity contribution is 5.34. The molecular weight excluding hydrogens is 247 g/mol. The van der Waals surface area contributed by atoms with E-state index in [1.54, 1.807) is 13.2 Å². The quantitative estimate of drug-likeness (QED) is 0.690. The number of benzene rings is 1. The molecule has 0 unspecified atom stereocenters. The zero-order valence-corrected chi connectivity index (χ0v) is 11.9. The number of methoxy groups -OCH3 is 1. The fraction of sp³-hybridized carbons (Fsp3) is 0.571. The van der Waals surface area contributed by atoms with Crippen LogP contribution in [-0.2, 0) is 11.3 Å². The van der Waals surface area contributed by atoms with Gasteiger partial charge in [0, 0.05) is 32.3 Å². The van der Waals surface area contributed by atoms with Gasteiger partial charge in [0.2, 0.25) is 0 Å². The van der Waals surface area contributed by atoms with Crippen LogP contribution in [0.2, 0.25) is 0 Å². The van der Waals surface area contributed by atoms with Gasteiger partial charge in [0.15, 0.2) is 11.6 Å². The molecule has 0 aliphatic heterocycles. The van der Waals surface area contributed by atoms with Crippen molar-refractivity contribution >= 4 is 0 Å². The molecule has 4 nitrogen and oxygen atoms in total. The van der Waals surface area contributed by atoms with Gasteiger partial charge >= 0.3 is 0 Å². The largest absolute Gasteiger partial charge is 0.489 e. The van der Waals surface area contributed by atoms with Gasteiger partial charge in [-0.2, -0.15) is 0 Å². The number of rotatable bonds is 9. The van der Waals surface area contributed by atoms with Crippen molar-refractivity contribution in [3.63, 3.8) is 0 Å². The highest BCUT2D eigenvalue weighted by Gasteiger charge is 2.09. The van der Waals surface area contributed by atoms with Crippen LogP contribution in [0.15, 0.2) is 18.2 Å². The van der Waals surface area contributed by atoms with Crippen LogP contribution in [0.1, 0.15) is 5.56 Å². The molecule has 19 heavy (non-hydrogen) atoms. The van der Waals surface area contributed by atoms with E-state index in [1.807, 2.05) is 25.1 Å². The number of hydrogen-bond donors (Lipinski definition) is 1. The molecule has 0 atom stereocenters. The van der Waals surface area contributed by atoms with Crippen molar-refractivity contribution in [1.29, 1.82) is 0 Å². The predicted molar refractivity (Wildman–Crippen MR) is 74.0 cm³/mol. The Kier molecular flexibility index (Phi) is 7.40. The summed E-state index contributed by atoms with van der Waals surface area (Å²) in [6, 6.07) is 4.99. The monoisotopic (exact) mass is 270 g/mol. The number of para-hydroxylation sites is 1. The lowest BCUT2D eigenvalue weighted by Gasteiger charge is -2.15. The first-order valence-electron chi connectivity index (χ1n) is 6.39. The average Bonchev–Trinajstić information content (AvgIpc) is 2.37. The smallest absolute Gasteiger partial charge is 0.165 e. The first kappa shape index (κ1) is 15.9. The van der Waals surface area contributed by atoms with E-state index in [4.69, 9.17) is 9.47 Å². The summed E-state index contributed by atoms with van der Waals surface area (Å²) in [6.45, 7) is 3.15. The van der Waals surface area contributed by atoms with Gasteiger partial charge in [-0.1, -0.05) is 12.1 Å². The van der Waals surface area contributed by atoms with E-state index in [2.05, 4.69) is 5.32 Å². The van der Waals surface area contributed by atoms with E-state index in [1.165, 1.54) is 6.07 Å². The molecule has 1 rings (SSSR count). The third-order valence-electron chi connectivity index (χ3n) is 2.63. The molecule has 0 bridgehead atoms. The van der Waals surface area contributed by atoms with Gasteiger partial charge in [-0.15, -0.1) is 0 Å². The topological polar surface area (TPSA) is 33.7 Å². The van der Waals surface area contributed by atoms with Gasteiger partial charge in [0.1, 0.15) is 6.61 Å². The maximum Gasteiger partial charge on any atom is 0.165 e. The summed E-state index contributed by atoms with van der Waals surface area (Å²) in [5.41, 5.74) is 0.829. The summed E-state index contributed by atoms with van der Waals surface area (Å²) >= 11 is 0. The van der Waals surface area contributed by atoms with Crippen molar-refractivity contribution in [1.82, 2.24) is 10.2 Å². The van der Waals surface area contributed by atoms with Crippen LogP contribution in [0.5, 0.6) is 5.75 Å². The Bertz CT molecular complexity index is 372. The molecule has 0 aromatic heterocycles. The summed E-state index contributed by atoms with van der Waals surface area (Å²) in [7, 11) is 5.56. The van der Waals surface area contributed by atoms with Gasteiger partial charge < -0.3 is 19.7 Å². The zero-order chi connectivity index (χ0) is 14.1. The molecule has 0 aliphatic rings. The van der Waals surface area contributed by atoms with Gasteiger partial charge in [-0.25, -0.2) is 4.39 Å². The number of halogens is 1. The van der Waals surface area contributed by atoms with Crippen molar-refractivity contribution in [2.45, 2.75) is 6.54 Å². The Morgan fingerprint density at radius 3 is 2.74 bits per heavy atom. The van der Waals surface area contributed by atoms with Crippen LogP contribution >= 0.6 is 0 Å². The summed E-state index contributed by atoms with van der Waals surface area (Å²) in [5.74, 6) is 0.0269. The molecule has 1 N–H and O–H groups in total. The molecule has 5 heteroatoms. The van der Waals surface area contributed by atoms with Crippen LogP contribution in [0.3, 0.4) is 0 Å². The van der Waals surface area contributed by atoms with Gasteiger partial charge in [-0.05, 0) is 20.2 Å². The molecule has 0 saturated carbocycles. The van der Waals surface area contributed by atoms with E-state index in [0.29, 0.717) is 25.5 Å². The van der Waals surface area contributed by atoms with E-state index in [9.17, 15) is 4.39 Å². The minimum Gasteiger partial charge on any atom is -0.489 e. The molecule has 0 aliphatic carbocycles. The maximum atomic E-state index is 13.8. The third kappa shape index (κ3) is 6.00. The van der Waals surface area contributed by atoms with E-state index in [-0.39, 0.29) is 5.82 Å². The zero-order valence-electron chi connectivity index (χ0n) is 11.9. The summed E-state index contributed by atoms with van der Waals surface area (Å²) in [5, 5.41) is 3.19. The van der Waals surface area contributed by atoms with Crippen molar-refractivity contribution in [2.24, 2.45) is 0 Å². The Hall–Kier alpha value is -1.17.